The fourth-order valence-corrected chi connectivity index (χ4v) is 5.81. The molecule has 1 amide bonds. The second-order valence-corrected chi connectivity index (χ2v) is 8.09. The Kier molecular flexibility index (Phi) is 2.77. The Balaban J connectivity index is 1.77. The molecule has 5 atom stereocenters. The molecule has 0 aromatic rings. The van der Waals surface area contributed by atoms with Gasteiger partial charge in [-0.3, -0.25) is 14.4 Å². The van der Waals surface area contributed by atoms with Crippen LogP contribution in [0.4, 0.5) is 0 Å². The van der Waals surface area contributed by atoms with Crippen LogP contribution in [0.1, 0.15) is 52.4 Å². The van der Waals surface area contributed by atoms with E-state index in [0.717, 1.165) is 25.0 Å². The first-order valence-electron chi connectivity index (χ1n) is 8.43. The fourth-order valence-electron chi connectivity index (χ4n) is 5.81. The molecule has 4 rings (SSSR count). The Morgan fingerprint density at radius 2 is 1.91 bits per heavy atom. The van der Waals surface area contributed by atoms with Gasteiger partial charge in [0.15, 0.2) is 0 Å². The quantitative estimate of drug-likeness (QED) is 0.747. The first-order chi connectivity index (χ1) is 10.4. The minimum Gasteiger partial charge on any atom is -0.330 e. The molecule has 4 nitrogen and oxygen atoms in total. The molecule has 0 aromatic carbocycles. The molecule has 22 heavy (non-hydrogen) atoms. The van der Waals surface area contributed by atoms with E-state index >= 15 is 0 Å². The molecule has 1 saturated heterocycles. The largest absolute Gasteiger partial charge is 0.330 e. The van der Waals surface area contributed by atoms with Crippen LogP contribution in [0.5, 0.6) is 0 Å². The van der Waals surface area contributed by atoms with Crippen molar-refractivity contribution in [1.82, 2.24) is 5.32 Å². The molecule has 0 bridgehead atoms. The average Bonchev–Trinajstić information content (AvgIpc) is 2.75. The number of rotatable bonds is 0. The van der Waals surface area contributed by atoms with Crippen molar-refractivity contribution in [2.75, 3.05) is 0 Å². The summed E-state index contributed by atoms with van der Waals surface area (Å²) in [6.07, 6.45) is 6.13. The van der Waals surface area contributed by atoms with Crippen LogP contribution < -0.4 is 5.32 Å². The molecule has 3 aliphatic carbocycles. The van der Waals surface area contributed by atoms with Crippen molar-refractivity contribution in [2.24, 2.45) is 28.6 Å². The molecule has 1 aliphatic heterocycles. The SMILES string of the molecule is C[C@]12CCC(=O)NC1=CCC1[C@@H]2C(=O)C[C@]2(C)C(=O)CC[C@@H]12. The third-order valence-electron chi connectivity index (χ3n) is 7.01. The number of ketones is 2. The van der Waals surface area contributed by atoms with Gasteiger partial charge in [0.25, 0.3) is 0 Å². The van der Waals surface area contributed by atoms with Gasteiger partial charge in [-0.05, 0) is 31.1 Å². The third-order valence-corrected chi connectivity index (χ3v) is 7.01. The second-order valence-electron chi connectivity index (χ2n) is 8.09. The number of hydrogen-bond acceptors (Lipinski definition) is 3. The highest BCUT2D eigenvalue weighted by Crippen LogP contribution is 2.61. The van der Waals surface area contributed by atoms with Gasteiger partial charge in [0, 0.05) is 41.7 Å². The molecule has 0 spiro atoms. The third kappa shape index (κ3) is 1.61. The van der Waals surface area contributed by atoms with Crippen LogP contribution in [0.3, 0.4) is 0 Å². The number of Topliss-reactive ketones (excluding diaryl/α,β-unsaturated/α-hetero) is 2. The van der Waals surface area contributed by atoms with Gasteiger partial charge in [-0.15, -0.1) is 0 Å². The number of fused-ring (bicyclic) bond motifs is 5. The van der Waals surface area contributed by atoms with E-state index in [0.29, 0.717) is 25.2 Å². The van der Waals surface area contributed by atoms with Crippen molar-refractivity contribution in [2.45, 2.75) is 52.4 Å². The van der Waals surface area contributed by atoms with Gasteiger partial charge in [-0.25, -0.2) is 0 Å². The van der Waals surface area contributed by atoms with Crippen molar-refractivity contribution in [1.29, 1.82) is 0 Å². The molecular weight excluding hydrogens is 278 g/mol. The Hall–Kier alpha value is -1.45. The average molecular weight is 301 g/mol. The highest BCUT2D eigenvalue weighted by atomic mass is 16.2. The van der Waals surface area contributed by atoms with E-state index in [9.17, 15) is 14.4 Å². The molecule has 1 unspecified atom stereocenters. The molecule has 4 heteroatoms. The summed E-state index contributed by atoms with van der Waals surface area (Å²) in [6.45, 7) is 4.14. The highest BCUT2D eigenvalue weighted by molar-refractivity contribution is 5.96. The Morgan fingerprint density at radius 3 is 2.68 bits per heavy atom. The van der Waals surface area contributed by atoms with Gasteiger partial charge in [0.05, 0.1) is 0 Å². The predicted octanol–water partition coefficient (Wildman–Crippen LogP) is 2.38. The lowest BCUT2D eigenvalue weighted by Crippen LogP contribution is -2.57. The smallest absolute Gasteiger partial charge is 0.224 e. The van der Waals surface area contributed by atoms with Crippen LogP contribution in [-0.2, 0) is 14.4 Å². The fraction of sp³-hybridized carbons (Fsp3) is 0.722. The van der Waals surface area contributed by atoms with Gasteiger partial charge in [0.2, 0.25) is 5.91 Å². The summed E-state index contributed by atoms with van der Waals surface area (Å²) in [4.78, 5) is 37.0. The van der Waals surface area contributed by atoms with Crippen LogP contribution in [-0.4, -0.2) is 17.5 Å². The molecule has 1 heterocycles. The van der Waals surface area contributed by atoms with E-state index in [1.807, 2.05) is 6.92 Å². The second kappa shape index (κ2) is 4.30. The number of piperidine rings is 1. The zero-order chi connectivity index (χ0) is 15.7. The Bertz CT molecular complexity index is 622. The number of carbonyl (C=O) groups is 3. The Labute approximate surface area is 130 Å². The standard InChI is InChI=1S/C18H23NO3/c1-17-8-7-15(22)19-13(17)5-3-10-11-4-6-14(21)18(11,2)9-12(20)16(10)17/h5,10-11,16H,3-4,6-9H2,1-2H3,(H,19,22)/t10?,11-,16+,17-,18-/m0/s1. The van der Waals surface area contributed by atoms with Crippen molar-refractivity contribution in [3.63, 3.8) is 0 Å². The first kappa shape index (κ1) is 14.2. The lowest BCUT2D eigenvalue weighted by Gasteiger charge is -2.54. The monoisotopic (exact) mass is 301 g/mol. The zero-order valence-corrected chi connectivity index (χ0v) is 13.3. The molecule has 0 aromatic heterocycles. The minimum absolute atomic E-state index is 0.0305. The maximum atomic E-state index is 13.0. The van der Waals surface area contributed by atoms with Gasteiger partial charge >= 0.3 is 0 Å². The number of nitrogens with one attached hydrogen (secondary N) is 1. The molecule has 1 N–H and O–H groups in total. The van der Waals surface area contributed by atoms with Crippen molar-refractivity contribution < 1.29 is 14.4 Å². The number of carbonyl (C=O) groups excluding carboxylic acids is 3. The van der Waals surface area contributed by atoms with E-state index in [1.54, 1.807) is 0 Å². The Morgan fingerprint density at radius 1 is 1.14 bits per heavy atom. The van der Waals surface area contributed by atoms with Crippen LogP contribution in [0.15, 0.2) is 11.8 Å². The molecule has 118 valence electrons. The topological polar surface area (TPSA) is 63.2 Å². The highest BCUT2D eigenvalue weighted by Gasteiger charge is 2.62. The summed E-state index contributed by atoms with van der Waals surface area (Å²) < 4.78 is 0. The van der Waals surface area contributed by atoms with Crippen LogP contribution in [0.25, 0.3) is 0 Å². The number of allylic oxidation sites excluding steroid dienone is 2. The summed E-state index contributed by atoms with van der Waals surface area (Å²) in [5, 5.41) is 2.99. The number of hydrogen-bond donors (Lipinski definition) is 1. The van der Waals surface area contributed by atoms with E-state index in [4.69, 9.17) is 0 Å². The van der Waals surface area contributed by atoms with Gasteiger partial charge in [-0.2, -0.15) is 0 Å². The summed E-state index contributed by atoms with van der Waals surface area (Å²) >= 11 is 0. The van der Waals surface area contributed by atoms with Crippen molar-refractivity contribution in [3.05, 3.63) is 11.8 Å². The van der Waals surface area contributed by atoms with Crippen LogP contribution in [0.2, 0.25) is 0 Å². The predicted molar refractivity (Wildman–Crippen MR) is 80.6 cm³/mol. The maximum absolute atomic E-state index is 13.0. The number of amides is 1. The van der Waals surface area contributed by atoms with Crippen LogP contribution >= 0.6 is 0 Å². The molecular formula is C18H23NO3. The van der Waals surface area contributed by atoms with Gasteiger partial charge in [0.1, 0.15) is 11.6 Å². The summed E-state index contributed by atoms with van der Waals surface area (Å²) in [5.74, 6) is 1.14. The van der Waals surface area contributed by atoms with Crippen molar-refractivity contribution in [3.8, 4) is 0 Å². The maximum Gasteiger partial charge on any atom is 0.224 e. The molecule has 4 aliphatic rings. The zero-order valence-electron chi connectivity index (χ0n) is 13.3. The summed E-state index contributed by atoms with van der Waals surface area (Å²) in [7, 11) is 0. The van der Waals surface area contributed by atoms with E-state index in [-0.39, 0.29) is 34.7 Å². The normalized spacial score (nSPS) is 47.3. The molecule has 2 saturated carbocycles. The lowest BCUT2D eigenvalue weighted by molar-refractivity contribution is -0.149. The minimum atomic E-state index is -0.433. The van der Waals surface area contributed by atoms with E-state index in [1.165, 1.54) is 0 Å². The first-order valence-corrected chi connectivity index (χ1v) is 8.43. The van der Waals surface area contributed by atoms with Crippen molar-refractivity contribution >= 4 is 17.5 Å². The summed E-state index contributed by atoms with van der Waals surface area (Å²) in [6, 6.07) is 0. The van der Waals surface area contributed by atoms with E-state index < -0.39 is 5.41 Å². The van der Waals surface area contributed by atoms with Gasteiger partial charge < -0.3 is 5.32 Å². The summed E-state index contributed by atoms with van der Waals surface area (Å²) in [5.41, 5.74) is 0.268. The van der Waals surface area contributed by atoms with Gasteiger partial charge in [-0.1, -0.05) is 19.9 Å². The molecule has 0 radical (unpaired) electrons. The van der Waals surface area contributed by atoms with Crippen LogP contribution in [0, 0.1) is 28.6 Å². The van der Waals surface area contributed by atoms with E-state index in [2.05, 4.69) is 18.3 Å². The molecule has 3 fully saturated rings. The lowest BCUT2D eigenvalue weighted by atomic mass is 9.49.